The molecule has 0 aliphatic heterocycles. The lowest BCUT2D eigenvalue weighted by atomic mass is 9.89. The van der Waals surface area contributed by atoms with Crippen LogP contribution in [0.2, 0.25) is 5.02 Å². The Balaban J connectivity index is 2.22. The van der Waals surface area contributed by atoms with E-state index in [1.54, 1.807) is 7.11 Å². The minimum atomic E-state index is -0.234. The lowest BCUT2D eigenvalue weighted by Gasteiger charge is -2.21. The van der Waals surface area contributed by atoms with Gasteiger partial charge in [-0.25, -0.2) is 0 Å². The molecule has 2 atom stereocenters. The van der Waals surface area contributed by atoms with E-state index in [9.17, 15) is 5.11 Å². The van der Waals surface area contributed by atoms with Crippen molar-refractivity contribution in [2.75, 3.05) is 7.11 Å². The van der Waals surface area contributed by atoms with E-state index in [0.29, 0.717) is 10.8 Å². The zero-order valence-corrected chi connectivity index (χ0v) is 10.9. The van der Waals surface area contributed by atoms with Gasteiger partial charge in [-0.3, -0.25) is 0 Å². The summed E-state index contributed by atoms with van der Waals surface area (Å²) in [5, 5.41) is 10.8. The fourth-order valence-electron chi connectivity index (χ4n) is 2.59. The van der Waals surface area contributed by atoms with E-state index < -0.39 is 0 Å². The van der Waals surface area contributed by atoms with E-state index in [1.165, 1.54) is 12.8 Å². The zero-order chi connectivity index (χ0) is 12.3. The quantitative estimate of drug-likeness (QED) is 0.815. The van der Waals surface area contributed by atoms with Crippen molar-refractivity contribution in [3.05, 3.63) is 28.8 Å². The number of aliphatic hydroxyl groups is 1. The van der Waals surface area contributed by atoms with Crippen molar-refractivity contribution in [2.24, 2.45) is 0 Å². The highest BCUT2D eigenvalue weighted by molar-refractivity contribution is 6.32. The molecule has 1 aliphatic rings. The standard InChI is InChI=1S/C14H19ClO2/c1-17-14-8-7-10(9-12(14)15)11-5-3-2-4-6-13(11)16/h7-9,11,13,16H,2-6H2,1H3. The van der Waals surface area contributed by atoms with Gasteiger partial charge in [-0.05, 0) is 30.5 Å². The van der Waals surface area contributed by atoms with Crippen molar-refractivity contribution in [3.8, 4) is 5.75 Å². The van der Waals surface area contributed by atoms with Crippen molar-refractivity contribution in [3.63, 3.8) is 0 Å². The molecule has 0 radical (unpaired) electrons. The SMILES string of the molecule is COc1ccc(C2CCCCCC2O)cc1Cl. The maximum Gasteiger partial charge on any atom is 0.137 e. The van der Waals surface area contributed by atoms with Crippen molar-refractivity contribution in [2.45, 2.75) is 44.1 Å². The van der Waals surface area contributed by atoms with E-state index in [0.717, 1.165) is 24.8 Å². The van der Waals surface area contributed by atoms with Gasteiger partial charge >= 0.3 is 0 Å². The normalized spacial score (nSPS) is 25.4. The van der Waals surface area contributed by atoms with Crippen molar-refractivity contribution < 1.29 is 9.84 Å². The Morgan fingerprint density at radius 1 is 1.24 bits per heavy atom. The van der Waals surface area contributed by atoms with Crippen LogP contribution in [0.3, 0.4) is 0 Å². The molecule has 0 heterocycles. The third-order valence-electron chi connectivity index (χ3n) is 3.58. The topological polar surface area (TPSA) is 29.5 Å². The molecule has 3 heteroatoms. The van der Waals surface area contributed by atoms with Crippen molar-refractivity contribution >= 4 is 11.6 Å². The van der Waals surface area contributed by atoms with E-state index in [1.807, 2.05) is 18.2 Å². The third-order valence-corrected chi connectivity index (χ3v) is 3.88. The molecule has 2 nitrogen and oxygen atoms in total. The molecule has 1 N–H and O–H groups in total. The fourth-order valence-corrected chi connectivity index (χ4v) is 2.86. The number of hydrogen-bond acceptors (Lipinski definition) is 2. The van der Waals surface area contributed by atoms with Crippen LogP contribution >= 0.6 is 11.6 Å². The van der Waals surface area contributed by atoms with Gasteiger partial charge in [0.1, 0.15) is 5.75 Å². The van der Waals surface area contributed by atoms with Gasteiger partial charge < -0.3 is 9.84 Å². The van der Waals surface area contributed by atoms with E-state index >= 15 is 0 Å². The molecule has 2 unspecified atom stereocenters. The first kappa shape index (κ1) is 12.7. The maximum absolute atomic E-state index is 10.1. The highest BCUT2D eigenvalue weighted by Crippen LogP contribution is 2.35. The van der Waals surface area contributed by atoms with E-state index in [-0.39, 0.29) is 12.0 Å². The summed E-state index contributed by atoms with van der Waals surface area (Å²) in [5.74, 6) is 0.916. The zero-order valence-electron chi connectivity index (χ0n) is 10.2. The van der Waals surface area contributed by atoms with Gasteiger partial charge in [-0.1, -0.05) is 36.9 Å². The molecule has 0 amide bonds. The van der Waals surface area contributed by atoms with Gasteiger partial charge in [0, 0.05) is 5.92 Å². The van der Waals surface area contributed by atoms with Crippen LogP contribution in [-0.2, 0) is 0 Å². The predicted molar refractivity (Wildman–Crippen MR) is 69.8 cm³/mol. The number of benzene rings is 1. The second-order valence-corrected chi connectivity index (χ2v) is 5.11. The Labute approximate surface area is 108 Å². The number of hydrogen-bond donors (Lipinski definition) is 1. The molecule has 0 bridgehead atoms. The van der Waals surface area contributed by atoms with E-state index in [4.69, 9.17) is 16.3 Å². The summed E-state index contributed by atoms with van der Waals surface area (Å²) in [5.41, 5.74) is 1.13. The summed E-state index contributed by atoms with van der Waals surface area (Å²) >= 11 is 6.13. The lowest BCUT2D eigenvalue weighted by molar-refractivity contribution is 0.135. The average molecular weight is 255 g/mol. The van der Waals surface area contributed by atoms with Crippen LogP contribution in [-0.4, -0.2) is 18.3 Å². The third kappa shape index (κ3) is 2.93. The summed E-state index contributed by atoms with van der Waals surface area (Å²) in [6.07, 6.45) is 5.24. The summed E-state index contributed by atoms with van der Waals surface area (Å²) in [4.78, 5) is 0. The van der Waals surface area contributed by atoms with Crippen LogP contribution in [0.1, 0.15) is 43.6 Å². The van der Waals surface area contributed by atoms with Crippen LogP contribution in [0.15, 0.2) is 18.2 Å². The fraction of sp³-hybridized carbons (Fsp3) is 0.571. The van der Waals surface area contributed by atoms with Crippen molar-refractivity contribution in [1.82, 2.24) is 0 Å². The Hall–Kier alpha value is -0.730. The summed E-state index contributed by atoms with van der Waals surface area (Å²) in [6.45, 7) is 0. The molecule has 1 fully saturated rings. The predicted octanol–water partition coefficient (Wildman–Crippen LogP) is 3.76. The van der Waals surface area contributed by atoms with Gasteiger partial charge in [0.05, 0.1) is 18.2 Å². The molecule has 94 valence electrons. The molecule has 1 aliphatic carbocycles. The molecule has 0 saturated heterocycles. The highest BCUT2D eigenvalue weighted by atomic mass is 35.5. The van der Waals surface area contributed by atoms with Gasteiger partial charge in [0.15, 0.2) is 0 Å². The Kier molecular flexibility index (Phi) is 4.30. The number of aliphatic hydroxyl groups excluding tert-OH is 1. The van der Waals surface area contributed by atoms with Crippen LogP contribution < -0.4 is 4.74 Å². The van der Waals surface area contributed by atoms with Crippen molar-refractivity contribution in [1.29, 1.82) is 0 Å². The molecule has 0 aromatic heterocycles. The number of halogens is 1. The van der Waals surface area contributed by atoms with Gasteiger partial charge in [0.25, 0.3) is 0 Å². The summed E-state index contributed by atoms with van der Waals surface area (Å²) in [6, 6.07) is 5.83. The second kappa shape index (κ2) is 5.74. The first-order chi connectivity index (χ1) is 8.22. The van der Waals surface area contributed by atoms with Crippen LogP contribution in [0, 0.1) is 0 Å². The van der Waals surface area contributed by atoms with Crippen LogP contribution in [0.25, 0.3) is 0 Å². The smallest absolute Gasteiger partial charge is 0.137 e. The molecule has 0 spiro atoms. The molecule has 1 aromatic rings. The van der Waals surface area contributed by atoms with Crippen LogP contribution in [0.5, 0.6) is 5.75 Å². The number of methoxy groups -OCH3 is 1. The monoisotopic (exact) mass is 254 g/mol. The van der Waals surface area contributed by atoms with E-state index in [2.05, 4.69) is 0 Å². The lowest BCUT2D eigenvalue weighted by Crippen LogP contribution is -2.16. The number of ether oxygens (including phenoxy) is 1. The molecular weight excluding hydrogens is 236 g/mol. The van der Waals surface area contributed by atoms with Gasteiger partial charge in [-0.2, -0.15) is 0 Å². The first-order valence-electron chi connectivity index (χ1n) is 6.24. The number of rotatable bonds is 2. The summed E-state index contributed by atoms with van der Waals surface area (Å²) < 4.78 is 5.14. The second-order valence-electron chi connectivity index (χ2n) is 4.71. The average Bonchev–Trinajstić information content (AvgIpc) is 2.54. The molecule has 1 aromatic carbocycles. The maximum atomic E-state index is 10.1. The molecule has 17 heavy (non-hydrogen) atoms. The van der Waals surface area contributed by atoms with Gasteiger partial charge in [-0.15, -0.1) is 0 Å². The molecule has 2 rings (SSSR count). The molecule has 1 saturated carbocycles. The van der Waals surface area contributed by atoms with Gasteiger partial charge in [0.2, 0.25) is 0 Å². The Bertz CT molecular complexity index is 378. The first-order valence-corrected chi connectivity index (χ1v) is 6.61. The van der Waals surface area contributed by atoms with Crippen LogP contribution in [0.4, 0.5) is 0 Å². The summed E-state index contributed by atoms with van der Waals surface area (Å²) in [7, 11) is 1.61. The minimum absolute atomic E-state index is 0.223. The Morgan fingerprint density at radius 3 is 2.71 bits per heavy atom. The largest absolute Gasteiger partial charge is 0.495 e. The highest BCUT2D eigenvalue weighted by Gasteiger charge is 2.23. The Morgan fingerprint density at radius 2 is 2.00 bits per heavy atom. The minimum Gasteiger partial charge on any atom is -0.495 e. The molecular formula is C14H19ClO2.